The molecule has 0 spiro atoms. The van der Waals surface area contributed by atoms with Crippen LogP contribution in [0.1, 0.15) is 6.42 Å². The Kier molecular flexibility index (Phi) is 3.09. The fraction of sp³-hybridized carbons (Fsp3) is 0.889. The third-order valence-electron chi connectivity index (χ3n) is 2.81. The highest BCUT2D eigenvalue weighted by Gasteiger charge is 2.30. The van der Waals surface area contributed by atoms with E-state index in [1.165, 1.54) is 17.9 Å². The molecule has 2 saturated heterocycles. The van der Waals surface area contributed by atoms with E-state index in [0.717, 1.165) is 19.6 Å². The number of rotatable bonds is 1. The Morgan fingerprint density at radius 1 is 1.54 bits per heavy atom. The van der Waals surface area contributed by atoms with Gasteiger partial charge in [-0.1, -0.05) is 0 Å². The summed E-state index contributed by atoms with van der Waals surface area (Å²) in [5.41, 5.74) is 0. The fourth-order valence-electron chi connectivity index (χ4n) is 2.06. The maximum atomic E-state index is 8.98. The van der Waals surface area contributed by atoms with Crippen LogP contribution in [-0.2, 0) is 0 Å². The van der Waals surface area contributed by atoms with Gasteiger partial charge in [0, 0.05) is 31.4 Å². The quantitative estimate of drug-likeness (QED) is 0.656. The lowest BCUT2D eigenvalue weighted by Gasteiger charge is -2.36. The molecule has 0 amide bonds. The Morgan fingerprint density at radius 3 is 3.15 bits per heavy atom. The molecule has 2 aliphatic heterocycles. The van der Waals surface area contributed by atoms with Gasteiger partial charge >= 0.3 is 0 Å². The molecule has 0 aromatic rings. The number of nitriles is 1. The van der Waals surface area contributed by atoms with Crippen LogP contribution in [0.4, 0.5) is 0 Å². The Hall–Kier alpha value is -0.240. The van der Waals surface area contributed by atoms with Crippen molar-refractivity contribution in [1.29, 1.82) is 5.26 Å². The molecule has 2 rings (SSSR count). The first kappa shape index (κ1) is 9.32. The van der Waals surface area contributed by atoms with Gasteiger partial charge in [-0.15, -0.1) is 0 Å². The van der Waals surface area contributed by atoms with Crippen molar-refractivity contribution in [2.24, 2.45) is 0 Å². The highest BCUT2D eigenvalue weighted by Crippen LogP contribution is 2.24. The lowest BCUT2D eigenvalue weighted by Crippen LogP contribution is -2.54. The second-order valence-electron chi connectivity index (χ2n) is 3.60. The summed E-state index contributed by atoms with van der Waals surface area (Å²) < 4.78 is 0. The average molecular weight is 197 g/mol. The summed E-state index contributed by atoms with van der Waals surface area (Å²) in [6.07, 6.45) is 1.27. The van der Waals surface area contributed by atoms with E-state index in [4.69, 9.17) is 5.26 Å². The van der Waals surface area contributed by atoms with Gasteiger partial charge in [0.2, 0.25) is 0 Å². The Labute approximate surface area is 83.5 Å². The molecule has 4 heteroatoms. The van der Waals surface area contributed by atoms with Crippen LogP contribution in [0, 0.1) is 11.3 Å². The molecule has 2 fully saturated rings. The zero-order valence-corrected chi connectivity index (χ0v) is 8.52. The highest BCUT2D eigenvalue weighted by atomic mass is 32.2. The molecule has 2 unspecified atom stereocenters. The number of nitrogens with zero attached hydrogens (tertiary/aromatic N) is 2. The van der Waals surface area contributed by atoms with E-state index in [1.54, 1.807) is 0 Å². The third kappa shape index (κ3) is 1.98. The van der Waals surface area contributed by atoms with Gasteiger partial charge in [-0.05, 0) is 12.2 Å². The largest absolute Gasteiger partial charge is 0.313 e. The van der Waals surface area contributed by atoms with Crippen LogP contribution in [0.25, 0.3) is 0 Å². The van der Waals surface area contributed by atoms with E-state index in [1.807, 2.05) is 11.8 Å². The first-order valence-corrected chi connectivity index (χ1v) is 6.01. The lowest BCUT2D eigenvalue weighted by molar-refractivity contribution is 0.150. The van der Waals surface area contributed by atoms with Crippen LogP contribution in [0.5, 0.6) is 0 Å². The standard InChI is InChI=1S/C9H15N3S/c10-5-9-6-11-2-3-12(9)8-1-4-13-7-8/h8-9,11H,1-4,6-7H2. The van der Waals surface area contributed by atoms with Gasteiger partial charge in [-0.3, -0.25) is 4.90 Å². The summed E-state index contributed by atoms with van der Waals surface area (Å²) in [6.45, 7) is 2.93. The number of nitrogens with one attached hydrogen (secondary N) is 1. The van der Waals surface area contributed by atoms with Crippen molar-refractivity contribution in [2.75, 3.05) is 31.1 Å². The van der Waals surface area contributed by atoms with Crippen LogP contribution in [-0.4, -0.2) is 48.1 Å². The molecule has 13 heavy (non-hydrogen) atoms. The van der Waals surface area contributed by atoms with Crippen molar-refractivity contribution in [2.45, 2.75) is 18.5 Å². The van der Waals surface area contributed by atoms with Crippen molar-refractivity contribution < 1.29 is 0 Å². The summed E-state index contributed by atoms with van der Waals surface area (Å²) in [5.74, 6) is 2.49. The number of piperazine rings is 1. The molecule has 3 nitrogen and oxygen atoms in total. The number of hydrogen-bond donors (Lipinski definition) is 1. The first-order valence-electron chi connectivity index (χ1n) is 4.85. The summed E-state index contributed by atoms with van der Waals surface area (Å²) in [6, 6.07) is 3.16. The van der Waals surface area contributed by atoms with Crippen LogP contribution in [0.2, 0.25) is 0 Å². The minimum Gasteiger partial charge on any atom is -0.313 e. The Morgan fingerprint density at radius 2 is 2.46 bits per heavy atom. The van der Waals surface area contributed by atoms with Crippen LogP contribution in [0.3, 0.4) is 0 Å². The maximum Gasteiger partial charge on any atom is 0.111 e. The molecule has 0 aliphatic carbocycles. The second-order valence-corrected chi connectivity index (χ2v) is 4.75. The molecule has 72 valence electrons. The molecule has 2 heterocycles. The van der Waals surface area contributed by atoms with Crippen molar-refractivity contribution in [3.8, 4) is 6.07 Å². The van der Waals surface area contributed by atoms with Crippen LogP contribution < -0.4 is 5.32 Å². The zero-order valence-electron chi connectivity index (χ0n) is 7.70. The molecular weight excluding hydrogens is 182 g/mol. The molecule has 1 N–H and O–H groups in total. The molecule has 0 aromatic carbocycles. The zero-order chi connectivity index (χ0) is 9.10. The predicted molar refractivity (Wildman–Crippen MR) is 54.7 cm³/mol. The lowest BCUT2D eigenvalue weighted by atomic mass is 10.1. The Bertz CT molecular complexity index is 207. The van der Waals surface area contributed by atoms with Gasteiger partial charge in [-0.2, -0.15) is 17.0 Å². The first-order chi connectivity index (χ1) is 6.42. The fourth-order valence-corrected chi connectivity index (χ4v) is 3.30. The van der Waals surface area contributed by atoms with Gasteiger partial charge in [0.1, 0.15) is 6.04 Å². The van der Waals surface area contributed by atoms with Gasteiger partial charge < -0.3 is 5.32 Å². The molecular formula is C9H15N3S. The van der Waals surface area contributed by atoms with E-state index >= 15 is 0 Å². The van der Waals surface area contributed by atoms with Crippen molar-refractivity contribution in [1.82, 2.24) is 10.2 Å². The smallest absolute Gasteiger partial charge is 0.111 e. The van der Waals surface area contributed by atoms with E-state index < -0.39 is 0 Å². The second kappa shape index (κ2) is 4.32. The summed E-state index contributed by atoms with van der Waals surface area (Å²) in [4.78, 5) is 2.39. The van der Waals surface area contributed by atoms with Crippen LogP contribution in [0.15, 0.2) is 0 Å². The molecule has 0 radical (unpaired) electrons. The van der Waals surface area contributed by atoms with Crippen molar-refractivity contribution >= 4 is 11.8 Å². The van der Waals surface area contributed by atoms with E-state index in [2.05, 4.69) is 16.3 Å². The average Bonchev–Trinajstić information content (AvgIpc) is 2.70. The topological polar surface area (TPSA) is 39.1 Å². The van der Waals surface area contributed by atoms with E-state index in [0.29, 0.717) is 6.04 Å². The van der Waals surface area contributed by atoms with Crippen molar-refractivity contribution in [3.05, 3.63) is 0 Å². The summed E-state index contributed by atoms with van der Waals surface area (Å²) in [7, 11) is 0. The van der Waals surface area contributed by atoms with Gasteiger partial charge in [0.25, 0.3) is 0 Å². The predicted octanol–water partition coefficient (Wildman–Crippen LogP) is 0.289. The Balaban J connectivity index is 1.98. The highest BCUT2D eigenvalue weighted by molar-refractivity contribution is 7.99. The van der Waals surface area contributed by atoms with Gasteiger partial charge in [0.05, 0.1) is 6.07 Å². The molecule has 2 atom stereocenters. The van der Waals surface area contributed by atoms with Crippen LogP contribution >= 0.6 is 11.8 Å². The molecule has 0 saturated carbocycles. The monoisotopic (exact) mass is 197 g/mol. The third-order valence-corrected chi connectivity index (χ3v) is 3.95. The van der Waals surface area contributed by atoms with E-state index in [9.17, 15) is 0 Å². The molecule has 2 aliphatic rings. The number of hydrogen-bond acceptors (Lipinski definition) is 4. The normalized spacial score (nSPS) is 35.9. The summed E-state index contributed by atoms with van der Waals surface area (Å²) >= 11 is 2.02. The van der Waals surface area contributed by atoms with E-state index in [-0.39, 0.29) is 6.04 Å². The van der Waals surface area contributed by atoms with Gasteiger partial charge in [0.15, 0.2) is 0 Å². The van der Waals surface area contributed by atoms with Crippen molar-refractivity contribution in [3.63, 3.8) is 0 Å². The number of thioether (sulfide) groups is 1. The van der Waals surface area contributed by atoms with Gasteiger partial charge in [-0.25, -0.2) is 0 Å². The molecule has 0 aromatic heterocycles. The SMILES string of the molecule is N#CC1CNCCN1C1CCSC1. The molecule has 0 bridgehead atoms. The minimum atomic E-state index is 0.109. The maximum absolute atomic E-state index is 8.98. The minimum absolute atomic E-state index is 0.109. The summed E-state index contributed by atoms with van der Waals surface area (Å²) in [5, 5.41) is 12.3.